The fraction of sp³-hybridized carbons (Fsp3) is 0.949. The number of carbonyl (C=O) groups is 4. The molecule has 576 valence electrons. The van der Waals surface area contributed by atoms with E-state index in [0.29, 0.717) is 31.6 Å². The van der Waals surface area contributed by atoms with Crippen molar-refractivity contribution in [2.45, 2.75) is 420 Å². The summed E-state index contributed by atoms with van der Waals surface area (Å²) in [7, 11) is -9.92. The molecule has 0 rings (SSSR count). The number of rotatable bonds is 76. The van der Waals surface area contributed by atoms with Gasteiger partial charge in [-0.05, 0) is 43.4 Å². The van der Waals surface area contributed by atoms with Gasteiger partial charge in [-0.2, -0.15) is 0 Å². The second-order valence-electron chi connectivity index (χ2n) is 29.3. The summed E-state index contributed by atoms with van der Waals surface area (Å²) in [5, 5.41) is 10.6. The first-order valence-corrected chi connectivity index (χ1v) is 43.4. The number of phosphoric acid groups is 2. The molecule has 3 N–H and O–H groups in total. The van der Waals surface area contributed by atoms with Crippen molar-refractivity contribution < 1.29 is 80.2 Å². The van der Waals surface area contributed by atoms with Crippen LogP contribution in [0.1, 0.15) is 402 Å². The summed E-state index contributed by atoms with van der Waals surface area (Å²) in [5.41, 5.74) is 0. The zero-order valence-corrected chi connectivity index (χ0v) is 65.3. The van der Waals surface area contributed by atoms with Crippen LogP contribution in [0.15, 0.2) is 0 Å². The molecule has 0 aliphatic carbocycles. The third-order valence-electron chi connectivity index (χ3n) is 18.5. The summed E-state index contributed by atoms with van der Waals surface area (Å²) in [6, 6.07) is 0. The Morgan fingerprint density at radius 3 is 0.784 bits per heavy atom. The molecular weight excluding hydrogens is 1270 g/mol. The minimum Gasteiger partial charge on any atom is -0.462 e. The molecule has 0 aromatic heterocycles. The van der Waals surface area contributed by atoms with Crippen LogP contribution in [0.2, 0.25) is 0 Å². The Bertz CT molecular complexity index is 1890. The highest BCUT2D eigenvalue weighted by atomic mass is 31.2. The first kappa shape index (κ1) is 95.1. The van der Waals surface area contributed by atoms with Crippen LogP contribution >= 0.6 is 15.6 Å². The van der Waals surface area contributed by atoms with E-state index in [4.69, 9.17) is 37.0 Å². The zero-order chi connectivity index (χ0) is 71.6. The lowest BCUT2D eigenvalue weighted by Crippen LogP contribution is -2.30. The van der Waals surface area contributed by atoms with Crippen LogP contribution in [0.5, 0.6) is 0 Å². The molecule has 0 aromatic rings. The summed E-state index contributed by atoms with van der Waals surface area (Å²) in [5.74, 6) is 0.192. The molecule has 0 spiro atoms. The summed E-state index contributed by atoms with van der Waals surface area (Å²) < 4.78 is 68.6. The molecule has 0 saturated heterocycles. The minimum absolute atomic E-state index is 0.107. The normalized spacial score (nSPS) is 14.3. The number of hydrogen-bond acceptors (Lipinski definition) is 15. The standard InChI is InChI=1S/C78H152O17P2/c1-8-10-11-12-13-14-15-16-17-21-28-33-38-47-54-62-78(83)95-74(66-89-76(81)60-53-46-41-40-43-50-57-70(5)6)68-93-97(86,87)91-64-72(79)63-90-96(84,85)92-67-73(65-88-75(80)59-52-45-37-32-27-24-23-25-30-35-42-49-56-69(3)4)94-77(82)61-55-48-39-34-29-22-19-18-20-26-31-36-44-51-58-71(7)9-2/h69-74,79H,8-68H2,1-7H3,(H,84,85)(H,86,87)/t71?,72-,73-,74-/m1/s1. The Labute approximate surface area is 594 Å². The maximum atomic E-state index is 13.1. The molecule has 3 unspecified atom stereocenters. The molecule has 0 aliphatic heterocycles. The van der Waals surface area contributed by atoms with E-state index in [2.05, 4.69) is 48.5 Å². The maximum Gasteiger partial charge on any atom is 0.472 e. The number of aliphatic hydroxyl groups excluding tert-OH is 1. The van der Waals surface area contributed by atoms with Gasteiger partial charge in [0.1, 0.15) is 19.3 Å². The predicted molar refractivity (Wildman–Crippen MR) is 395 cm³/mol. The second kappa shape index (κ2) is 68.5. The lowest BCUT2D eigenvalue weighted by atomic mass is 9.99. The summed E-state index contributed by atoms with van der Waals surface area (Å²) in [6.45, 7) is 11.9. The number of unbranched alkanes of at least 4 members (excludes halogenated alkanes) is 43. The van der Waals surface area contributed by atoms with E-state index in [9.17, 15) is 43.2 Å². The highest BCUT2D eigenvalue weighted by molar-refractivity contribution is 7.47. The van der Waals surface area contributed by atoms with Crippen molar-refractivity contribution in [3.63, 3.8) is 0 Å². The Morgan fingerprint density at radius 2 is 0.526 bits per heavy atom. The van der Waals surface area contributed by atoms with E-state index in [1.807, 2.05) is 0 Å². The average molecular weight is 1420 g/mol. The number of hydrogen-bond donors (Lipinski definition) is 3. The Hall–Kier alpha value is -1.94. The smallest absolute Gasteiger partial charge is 0.462 e. The van der Waals surface area contributed by atoms with E-state index in [-0.39, 0.29) is 25.7 Å². The van der Waals surface area contributed by atoms with Crippen molar-refractivity contribution in [3.05, 3.63) is 0 Å². The highest BCUT2D eigenvalue weighted by Crippen LogP contribution is 2.45. The molecule has 97 heavy (non-hydrogen) atoms. The van der Waals surface area contributed by atoms with E-state index in [0.717, 1.165) is 108 Å². The molecule has 0 heterocycles. The Balaban J connectivity index is 5.24. The lowest BCUT2D eigenvalue weighted by molar-refractivity contribution is -0.161. The molecule has 17 nitrogen and oxygen atoms in total. The molecule has 0 bridgehead atoms. The minimum atomic E-state index is -4.96. The van der Waals surface area contributed by atoms with E-state index in [1.165, 1.54) is 205 Å². The van der Waals surface area contributed by atoms with Gasteiger partial charge in [-0.3, -0.25) is 37.3 Å². The van der Waals surface area contributed by atoms with Gasteiger partial charge in [0.2, 0.25) is 0 Å². The van der Waals surface area contributed by atoms with Crippen molar-refractivity contribution in [3.8, 4) is 0 Å². The van der Waals surface area contributed by atoms with Gasteiger partial charge in [0.05, 0.1) is 26.4 Å². The van der Waals surface area contributed by atoms with Gasteiger partial charge < -0.3 is 33.8 Å². The molecule has 0 aromatic carbocycles. The molecule has 0 fully saturated rings. The van der Waals surface area contributed by atoms with Gasteiger partial charge in [0, 0.05) is 25.7 Å². The average Bonchev–Trinajstić information content (AvgIpc) is 1.05. The highest BCUT2D eigenvalue weighted by Gasteiger charge is 2.30. The molecule has 0 amide bonds. The monoisotopic (exact) mass is 1420 g/mol. The van der Waals surface area contributed by atoms with Gasteiger partial charge in [0.25, 0.3) is 0 Å². The fourth-order valence-corrected chi connectivity index (χ4v) is 13.5. The number of phosphoric ester groups is 2. The van der Waals surface area contributed by atoms with Gasteiger partial charge >= 0.3 is 39.5 Å². The van der Waals surface area contributed by atoms with E-state index >= 15 is 0 Å². The summed E-state index contributed by atoms with van der Waals surface area (Å²) in [6.07, 6.45) is 55.5. The number of esters is 4. The Morgan fingerprint density at radius 1 is 0.299 bits per heavy atom. The SMILES string of the molecule is CCCCCCCCCCCCCCCCCC(=O)O[C@H](COC(=O)CCCCCCCCC(C)C)COP(=O)(O)OC[C@H](O)COP(=O)(O)OC[C@@H](COC(=O)CCCCCCCCCCCCCCC(C)C)OC(=O)CCCCCCCCCCCCCCCCC(C)CC. The van der Waals surface area contributed by atoms with Crippen molar-refractivity contribution in [1.29, 1.82) is 0 Å². The van der Waals surface area contributed by atoms with Crippen LogP contribution < -0.4 is 0 Å². The topological polar surface area (TPSA) is 237 Å². The van der Waals surface area contributed by atoms with Crippen LogP contribution in [0, 0.1) is 17.8 Å². The second-order valence-corrected chi connectivity index (χ2v) is 32.2. The number of ether oxygens (including phenoxy) is 4. The first-order chi connectivity index (χ1) is 46.8. The van der Waals surface area contributed by atoms with E-state index in [1.54, 1.807) is 0 Å². The van der Waals surface area contributed by atoms with E-state index < -0.39 is 97.5 Å². The molecule has 19 heteroatoms. The molecule has 0 aliphatic rings. The van der Waals surface area contributed by atoms with Gasteiger partial charge in [-0.15, -0.1) is 0 Å². The summed E-state index contributed by atoms with van der Waals surface area (Å²) in [4.78, 5) is 72.9. The first-order valence-electron chi connectivity index (χ1n) is 40.4. The number of aliphatic hydroxyl groups is 1. The summed E-state index contributed by atoms with van der Waals surface area (Å²) >= 11 is 0. The molecular formula is C78H152O17P2. The van der Waals surface area contributed by atoms with Gasteiger partial charge in [-0.25, -0.2) is 9.13 Å². The van der Waals surface area contributed by atoms with Crippen LogP contribution in [0.25, 0.3) is 0 Å². The maximum absolute atomic E-state index is 13.1. The van der Waals surface area contributed by atoms with Crippen molar-refractivity contribution in [1.82, 2.24) is 0 Å². The third-order valence-corrected chi connectivity index (χ3v) is 20.4. The quantitative estimate of drug-likeness (QED) is 0.0222. The van der Waals surface area contributed by atoms with Gasteiger partial charge in [-0.1, -0.05) is 350 Å². The molecule has 0 radical (unpaired) electrons. The van der Waals surface area contributed by atoms with Crippen LogP contribution in [-0.2, 0) is 65.4 Å². The molecule has 6 atom stereocenters. The number of carbonyl (C=O) groups excluding carboxylic acids is 4. The predicted octanol–water partition coefficient (Wildman–Crippen LogP) is 23.0. The largest absolute Gasteiger partial charge is 0.472 e. The zero-order valence-electron chi connectivity index (χ0n) is 63.5. The van der Waals surface area contributed by atoms with Crippen molar-refractivity contribution in [2.75, 3.05) is 39.6 Å². The van der Waals surface area contributed by atoms with Crippen LogP contribution in [0.4, 0.5) is 0 Å². The third kappa shape index (κ3) is 70.9. The lowest BCUT2D eigenvalue weighted by Gasteiger charge is -2.21. The molecule has 0 saturated carbocycles. The van der Waals surface area contributed by atoms with Crippen molar-refractivity contribution >= 4 is 39.5 Å². The van der Waals surface area contributed by atoms with Crippen LogP contribution in [-0.4, -0.2) is 96.7 Å². The fourth-order valence-electron chi connectivity index (χ4n) is 11.9. The van der Waals surface area contributed by atoms with Crippen molar-refractivity contribution in [2.24, 2.45) is 17.8 Å². The van der Waals surface area contributed by atoms with Gasteiger partial charge in [0.15, 0.2) is 12.2 Å². The Kier molecular flexibility index (Phi) is 67.1. The van der Waals surface area contributed by atoms with Crippen LogP contribution in [0.3, 0.4) is 0 Å².